The molecule has 1 aliphatic carbocycles. The zero-order chi connectivity index (χ0) is 15.5. The molecule has 0 nitrogen and oxygen atoms in total. The van der Waals surface area contributed by atoms with Crippen LogP contribution in [0.15, 0.2) is 31.0 Å². The van der Waals surface area contributed by atoms with Crippen molar-refractivity contribution < 1.29 is 0 Å². The van der Waals surface area contributed by atoms with Crippen molar-refractivity contribution in [2.75, 3.05) is 0 Å². The molecule has 0 heteroatoms. The fourth-order valence-corrected chi connectivity index (χ4v) is 1.81. The lowest BCUT2D eigenvalue weighted by molar-refractivity contribution is 0.424. The van der Waals surface area contributed by atoms with E-state index in [2.05, 4.69) is 45.7 Å². The maximum atomic E-state index is 3.57. The van der Waals surface area contributed by atoms with E-state index in [4.69, 9.17) is 0 Å². The summed E-state index contributed by atoms with van der Waals surface area (Å²) in [6.45, 7) is 19.5. The highest BCUT2D eigenvalue weighted by Gasteiger charge is 2.21. The molecule has 2 atom stereocenters. The molecule has 114 valence electrons. The predicted molar refractivity (Wildman–Crippen MR) is 92.6 cm³/mol. The molecule has 19 heavy (non-hydrogen) atoms. The minimum atomic E-state index is 0.925. The fourth-order valence-electron chi connectivity index (χ4n) is 1.81. The molecule has 0 bridgehead atoms. The summed E-state index contributed by atoms with van der Waals surface area (Å²) in [4.78, 5) is 0. The van der Waals surface area contributed by atoms with Crippen molar-refractivity contribution >= 4 is 0 Å². The molecular weight excluding hydrogens is 228 g/mol. The van der Waals surface area contributed by atoms with Crippen LogP contribution in [-0.4, -0.2) is 0 Å². The molecule has 1 aliphatic rings. The lowest BCUT2D eigenvalue weighted by atomic mass is 9.95. The lowest BCUT2D eigenvalue weighted by Gasteiger charge is -2.10. The van der Waals surface area contributed by atoms with Crippen molar-refractivity contribution in [1.29, 1.82) is 0 Å². The van der Waals surface area contributed by atoms with Crippen molar-refractivity contribution in [3.05, 3.63) is 31.0 Å². The van der Waals surface area contributed by atoms with Gasteiger partial charge in [-0.25, -0.2) is 0 Å². The summed E-state index contributed by atoms with van der Waals surface area (Å²) in [7, 11) is 0. The van der Waals surface area contributed by atoms with Gasteiger partial charge in [0.15, 0.2) is 0 Å². The first kappa shape index (κ1) is 23.4. The van der Waals surface area contributed by atoms with Gasteiger partial charge in [0.05, 0.1) is 0 Å². The fraction of sp³-hybridized carbons (Fsp3) is 0.737. The predicted octanol–water partition coefficient (Wildman–Crippen LogP) is 7.18. The van der Waals surface area contributed by atoms with Crippen molar-refractivity contribution in [3.63, 3.8) is 0 Å². The molecule has 0 radical (unpaired) electrons. The molecule has 1 fully saturated rings. The second-order valence-electron chi connectivity index (χ2n) is 4.72. The van der Waals surface area contributed by atoms with E-state index in [1.165, 1.54) is 38.5 Å². The summed E-state index contributed by atoms with van der Waals surface area (Å²) in [6.07, 6.45) is 11.9. The molecule has 1 saturated carbocycles. The lowest BCUT2D eigenvalue weighted by Crippen LogP contribution is -2.01. The van der Waals surface area contributed by atoms with E-state index in [0.29, 0.717) is 0 Å². The normalized spacial score (nSPS) is 19.3. The van der Waals surface area contributed by atoms with Crippen molar-refractivity contribution in [2.45, 2.75) is 80.1 Å². The van der Waals surface area contributed by atoms with Gasteiger partial charge >= 0.3 is 0 Å². The summed E-state index contributed by atoms with van der Waals surface area (Å²) in [6, 6.07) is 0. The Morgan fingerprint density at radius 2 is 1.63 bits per heavy atom. The number of unbranched alkanes of at least 4 members (excludes halogenated alkanes) is 1. The van der Waals surface area contributed by atoms with Crippen LogP contribution < -0.4 is 0 Å². The second kappa shape index (κ2) is 22.4. The van der Waals surface area contributed by atoms with Crippen LogP contribution in [0.1, 0.15) is 80.1 Å². The molecule has 0 aromatic rings. The van der Waals surface area contributed by atoms with Crippen LogP contribution in [0.5, 0.6) is 0 Å². The number of rotatable bonds is 3. The number of hydrogen-bond acceptors (Lipinski definition) is 0. The first-order valence-electron chi connectivity index (χ1n) is 8.09. The Labute approximate surface area is 123 Å². The van der Waals surface area contributed by atoms with Gasteiger partial charge in [-0.15, -0.1) is 12.3 Å². The van der Waals surface area contributed by atoms with Crippen molar-refractivity contribution in [2.24, 2.45) is 11.8 Å². The summed E-state index contributed by atoms with van der Waals surface area (Å²) in [5.41, 5.74) is 2.84. The minimum absolute atomic E-state index is 0.925. The van der Waals surface area contributed by atoms with E-state index in [1.54, 1.807) is 6.08 Å². The zero-order valence-corrected chi connectivity index (χ0v) is 14.5. The van der Waals surface area contributed by atoms with Gasteiger partial charge in [-0.05, 0) is 37.7 Å². The highest BCUT2D eigenvalue weighted by molar-refractivity contribution is 4.84. The van der Waals surface area contributed by atoms with Gasteiger partial charge in [0.1, 0.15) is 0 Å². The molecule has 0 aliphatic heterocycles. The maximum absolute atomic E-state index is 3.57. The topological polar surface area (TPSA) is 0 Å². The summed E-state index contributed by atoms with van der Waals surface area (Å²) in [5.74, 6) is 1.86. The monoisotopic (exact) mass is 266 g/mol. The molecule has 2 unspecified atom stereocenters. The van der Waals surface area contributed by atoms with Gasteiger partial charge in [-0.1, -0.05) is 73.0 Å². The Bertz CT molecular complexity index is 194. The van der Waals surface area contributed by atoms with Gasteiger partial charge in [-0.2, -0.15) is 0 Å². The van der Waals surface area contributed by atoms with Crippen LogP contribution >= 0.6 is 0 Å². The first-order valence-corrected chi connectivity index (χ1v) is 8.09. The molecule has 0 saturated heterocycles. The summed E-state index contributed by atoms with van der Waals surface area (Å²) < 4.78 is 0. The Balaban J connectivity index is -0.000000239. The Hall–Kier alpha value is -0.740. The van der Waals surface area contributed by atoms with Crippen molar-refractivity contribution in [3.8, 4) is 0 Å². The molecule has 0 aromatic heterocycles. The van der Waals surface area contributed by atoms with Crippen LogP contribution in [0.2, 0.25) is 0 Å². The molecule has 0 N–H and O–H groups in total. The van der Waals surface area contributed by atoms with Gasteiger partial charge in [0.25, 0.3) is 0 Å². The molecule has 0 heterocycles. The second-order valence-corrected chi connectivity index (χ2v) is 4.72. The quantitative estimate of drug-likeness (QED) is 0.375. The minimum Gasteiger partial charge on any atom is -0.133 e. The maximum Gasteiger partial charge on any atom is -0.0244 e. The smallest absolute Gasteiger partial charge is 0.0244 e. The zero-order valence-electron chi connectivity index (χ0n) is 14.5. The van der Waals surface area contributed by atoms with Crippen molar-refractivity contribution in [1.82, 2.24) is 0 Å². The largest absolute Gasteiger partial charge is 0.133 e. The molecular formula is C19H38. The number of allylic oxidation sites excluding steroid dienone is 2. The van der Waals surface area contributed by atoms with Gasteiger partial charge in [0.2, 0.25) is 0 Å². The average molecular weight is 267 g/mol. The van der Waals surface area contributed by atoms with E-state index in [-0.39, 0.29) is 0 Å². The Morgan fingerprint density at radius 1 is 1.16 bits per heavy atom. The molecule has 0 spiro atoms. The van der Waals surface area contributed by atoms with Crippen LogP contribution in [0.25, 0.3) is 0 Å². The summed E-state index contributed by atoms with van der Waals surface area (Å²) in [5, 5.41) is 0. The van der Waals surface area contributed by atoms with E-state index >= 15 is 0 Å². The van der Waals surface area contributed by atoms with E-state index in [1.807, 2.05) is 20.8 Å². The molecule has 1 rings (SSSR count). The third kappa shape index (κ3) is 19.8. The Kier molecular flexibility index (Phi) is 27.6. The summed E-state index contributed by atoms with van der Waals surface area (Å²) >= 11 is 0. The SMILES string of the molecule is C=C=CCC1CCCC1C.C=CC.CC.CCCC. The highest BCUT2D eigenvalue weighted by atomic mass is 14.3. The van der Waals surface area contributed by atoms with E-state index in [0.717, 1.165) is 11.8 Å². The number of hydrogen-bond donors (Lipinski definition) is 0. The standard InChI is InChI=1S/C10H16.C4H10.C3H6.C2H6/c1-3-4-7-10-8-5-6-9(10)2;1-3-4-2;1-3-2;1-2/h4,9-10H,1,5-8H2,2H3;3-4H2,1-2H3;3H,1H2,2H3;1-2H3. The average Bonchev–Trinajstić information content (AvgIpc) is 2.85. The van der Waals surface area contributed by atoms with Gasteiger partial charge in [-0.3, -0.25) is 0 Å². The third-order valence-corrected chi connectivity index (χ3v) is 3.10. The highest BCUT2D eigenvalue weighted by Crippen LogP contribution is 2.33. The third-order valence-electron chi connectivity index (χ3n) is 3.10. The van der Waals surface area contributed by atoms with Crippen LogP contribution in [0, 0.1) is 11.8 Å². The van der Waals surface area contributed by atoms with Crippen LogP contribution in [0.4, 0.5) is 0 Å². The van der Waals surface area contributed by atoms with E-state index < -0.39 is 0 Å². The molecule has 0 aromatic carbocycles. The van der Waals surface area contributed by atoms with E-state index in [9.17, 15) is 0 Å². The van der Waals surface area contributed by atoms with Crippen LogP contribution in [0.3, 0.4) is 0 Å². The Morgan fingerprint density at radius 3 is 1.89 bits per heavy atom. The van der Waals surface area contributed by atoms with Crippen LogP contribution in [-0.2, 0) is 0 Å². The first-order chi connectivity index (χ1) is 9.17. The van der Waals surface area contributed by atoms with Gasteiger partial charge in [0, 0.05) is 0 Å². The van der Waals surface area contributed by atoms with Gasteiger partial charge < -0.3 is 0 Å². The molecule has 0 amide bonds.